The van der Waals surface area contributed by atoms with E-state index in [9.17, 15) is 9.59 Å². The molecule has 2 amide bonds. The smallest absolute Gasteiger partial charge is 0.258 e. The van der Waals surface area contributed by atoms with Crippen molar-refractivity contribution >= 4 is 40.0 Å². The fourth-order valence-electron chi connectivity index (χ4n) is 2.31. The van der Waals surface area contributed by atoms with Crippen LogP contribution in [-0.4, -0.2) is 29.9 Å². The Morgan fingerprint density at radius 2 is 1.85 bits per heavy atom. The van der Waals surface area contributed by atoms with E-state index in [0.29, 0.717) is 22.0 Å². The maximum atomic E-state index is 11.9. The van der Waals surface area contributed by atoms with Crippen molar-refractivity contribution in [3.63, 3.8) is 0 Å². The van der Waals surface area contributed by atoms with Crippen LogP contribution in [0.1, 0.15) is 0 Å². The number of benzene rings is 2. The fraction of sp³-hybridized carbons (Fsp3) is 0.105. The predicted molar refractivity (Wildman–Crippen MR) is 103 cm³/mol. The maximum absolute atomic E-state index is 11.9. The third-order valence-corrected chi connectivity index (χ3v) is 3.84. The second kappa shape index (κ2) is 8.86. The van der Waals surface area contributed by atoms with Gasteiger partial charge in [0.15, 0.2) is 6.61 Å². The number of ether oxygens (including phenoxy) is 1. The van der Waals surface area contributed by atoms with E-state index >= 15 is 0 Å². The monoisotopic (exact) mass is 384 g/mol. The highest BCUT2D eigenvalue weighted by molar-refractivity contribution is 6.31. The molecule has 0 spiro atoms. The minimum Gasteiger partial charge on any atom is -0.484 e. The van der Waals surface area contributed by atoms with E-state index in [1.807, 2.05) is 24.3 Å². The van der Waals surface area contributed by atoms with E-state index in [4.69, 9.17) is 16.3 Å². The first-order valence-electron chi connectivity index (χ1n) is 8.15. The third kappa shape index (κ3) is 5.32. The van der Waals surface area contributed by atoms with Crippen molar-refractivity contribution in [1.82, 2.24) is 15.7 Å². The lowest BCUT2D eigenvalue weighted by atomic mass is 10.2. The lowest BCUT2D eigenvalue weighted by molar-refractivity contribution is -0.127. The van der Waals surface area contributed by atoms with Gasteiger partial charge >= 0.3 is 0 Å². The molecule has 0 saturated heterocycles. The summed E-state index contributed by atoms with van der Waals surface area (Å²) in [5, 5.41) is 3.88. The summed E-state index contributed by atoms with van der Waals surface area (Å²) >= 11 is 5.95. The first-order chi connectivity index (χ1) is 13.1. The molecule has 0 fully saturated rings. The summed E-state index contributed by atoms with van der Waals surface area (Å²) in [4.78, 5) is 27.9. The number of fused-ring (bicyclic) bond motifs is 1. The minimum absolute atomic E-state index is 0.166. The summed E-state index contributed by atoms with van der Waals surface area (Å²) in [5.74, 6) is -0.205. The number of para-hydroxylation sites is 1. The van der Waals surface area contributed by atoms with Crippen molar-refractivity contribution in [3.8, 4) is 5.75 Å². The summed E-state index contributed by atoms with van der Waals surface area (Å²) in [7, 11) is 0. The Hall–Kier alpha value is -3.32. The van der Waals surface area contributed by atoms with Crippen LogP contribution in [0.15, 0.2) is 60.8 Å². The third-order valence-electron chi connectivity index (χ3n) is 3.60. The quantitative estimate of drug-likeness (QED) is 0.544. The standard InChI is InChI=1S/C19H17ClN4O3/c20-13-6-7-15-16(8-9-21-17(15)10-13)23-24-18(25)11-22-19(26)12-27-14-4-2-1-3-5-14/h1-10H,11-12H2,(H,21,23)(H,22,26)(H,24,25). The fourth-order valence-corrected chi connectivity index (χ4v) is 2.47. The molecule has 3 aromatic rings. The van der Waals surface area contributed by atoms with E-state index in [2.05, 4.69) is 21.2 Å². The molecule has 3 N–H and O–H groups in total. The van der Waals surface area contributed by atoms with E-state index < -0.39 is 11.8 Å². The number of halogens is 1. The van der Waals surface area contributed by atoms with Crippen LogP contribution in [0.2, 0.25) is 5.02 Å². The van der Waals surface area contributed by atoms with Crippen molar-refractivity contribution in [2.24, 2.45) is 0 Å². The van der Waals surface area contributed by atoms with Crippen molar-refractivity contribution in [3.05, 3.63) is 65.8 Å². The maximum Gasteiger partial charge on any atom is 0.258 e. The van der Waals surface area contributed by atoms with Gasteiger partial charge in [-0.15, -0.1) is 0 Å². The van der Waals surface area contributed by atoms with Gasteiger partial charge in [-0.1, -0.05) is 29.8 Å². The predicted octanol–water partition coefficient (Wildman–Crippen LogP) is 2.53. The molecule has 138 valence electrons. The summed E-state index contributed by atoms with van der Waals surface area (Å²) in [6.45, 7) is -0.348. The molecule has 1 aromatic heterocycles. The number of aromatic nitrogens is 1. The van der Waals surface area contributed by atoms with Crippen LogP contribution in [0.25, 0.3) is 10.9 Å². The number of carbonyl (C=O) groups excluding carboxylic acids is 2. The van der Waals surface area contributed by atoms with Crippen molar-refractivity contribution in [2.75, 3.05) is 18.6 Å². The van der Waals surface area contributed by atoms with E-state index in [1.54, 1.807) is 36.5 Å². The zero-order chi connectivity index (χ0) is 19.1. The zero-order valence-electron chi connectivity index (χ0n) is 14.2. The van der Waals surface area contributed by atoms with Gasteiger partial charge in [-0.25, -0.2) is 0 Å². The number of hydrogen-bond acceptors (Lipinski definition) is 5. The molecule has 7 nitrogen and oxygen atoms in total. The highest BCUT2D eigenvalue weighted by Gasteiger charge is 2.07. The van der Waals surface area contributed by atoms with Crippen LogP contribution in [0.5, 0.6) is 5.75 Å². The van der Waals surface area contributed by atoms with Crippen LogP contribution < -0.4 is 20.9 Å². The first-order valence-corrected chi connectivity index (χ1v) is 8.53. The van der Waals surface area contributed by atoms with Crippen LogP contribution in [-0.2, 0) is 9.59 Å². The summed E-state index contributed by atoms with van der Waals surface area (Å²) in [6, 6.07) is 16.0. The largest absolute Gasteiger partial charge is 0.484 e. The van der Waals surface area contributed by atoms with Gasteiger partial charge in [-0.3, -0.25) is 25.4 Å². The van der Waals surface area contributed by atoms with E-state index in [-0.39, 0.29) is 13.2 Å². The van der Waals surface area contributed by atoms with Crippen LogP contribution >= 0.6 is 11.6 Å². The van der Waals surface area contributed by atoms with Crippen molar-refractivity contribution in [2.45, 2.75) is 0 Å². The lowest BCUT2D eigenvalue weighted by Gasteiger charge is -2.11. The number of hydrogen-bond donors (Lipinski definition) is 3. The number of nitrogens with zero attached hydrogens (tertiary/aromatic N) is 1. The number of anilines is 1. The highest BCUT2D eigenvalue weighted by Crippen LogP contribution is 2.23. The molecule has 1 heterocycles. The van der Waals surface area contributed by atoms with Gasteiger partial charge in [-0.05, 0) is 36.4 Å². The molecule has 0 unspecified atom stereocenters. The average Bonchev–Trinajstić information content (AvgIpc) is 2.69. The Labute approximate surface area is 160 Å². The normalized spacial score (nSPS) is 10.3. The second-order valence-electron chi connectivity index (χ2n) is 5.57. The molecule has 3 rings (SSSR count). The molecule has 0 bridgehead atoms. The Bertz CT molecular complexity index is 950. The molecule has 2 aromatic carbocycles. The molecular formula is C19H17ClN4O3. The first kappa shape index (κ1) is 18.5. The Kier molecular flexibility index (Phi) is 6.06. The summed E-state index contributed by atoms with van der Waals surface area (Å²) in [6.07, 6.45) is 1.61. The van der Waals surface area contributed by atoms with Gasteiger partial charge in [0.1, 0.15) is 5.75 Å². The van der Waals surface area contributed by atoms with Gasteiger partial charge in [0.2, 0.25) is 0 Å². The van der Waals surface area contributed by atoms with Crippen LogP contribution in [0.4, 0.5) is 5.69 Å². The molecule has 0 radical (unpaired) electrons. The SMILES string of the molecule is O=C(COc1ccccc1)NCC(=O)NNc1ccnc2cc(Cl)ccc12. The highest BCUT2D eigenvalue weighted by atomic mass is 35.5. The zero-order valence-corrected chi connectivity index (χ0v) is 15.0. The molecule has 8 heteroatoms. The number of rotatable bonds is 7. The van der Waals surface area contributed by atoms with Gasteiger partial charge in [0.05, 0.1) is 17.7 Å². The minimum atomic E-state index is -0.401. The van der Waals surface area contributed by atoms with Gasteiger partial charge in [-0.2, -0.15) is 0 Å². The Morgan fingerprint density at radius 1 is 1.04 bits per heavy atom. The molecule has 0 atom stereocenters. The molecule has 0 aliphatic carbocycles. The van der Waals surface area contributed by atoms with Crippen molar-refractivity contribution in [1.29, 1.82) is 0 Å². The Morgan fingerprint density at radius 3 is 2.67 bits per heavy atom. The van der Waals surface area contributed by atoms with Crippen molar-refractivity contribution < 1.29 is 14.3 Å². The molecule has 27 heavy (non-hydrogen) atoms. The molecule has 0 saturated carbocycles. The van der Waals surface area contributed by atoms with Gasteiger partial charge in [0.25, 0.3) is 11.8 Å². The van der Waals surface area contributed by atoms with Crippen LogP contribution in [0.3, 0.4) is 0 Å². The number of carbonyl (C=O) groups is 2. The molecule has 0 aliphatic heterocycles. The average molecular weight is 385 g/mol. The molecule has 0 aliphatic rings. The second-order valence-corrected chi connectivity index (χ2v) is 6.01. The van der Waals surface area contributed by atoms with Gasteiger partial charge < -0.3 is 10.1 Å². The van der Waals surface area contributed by atoms with Crippen LogP contribution in [0, 0.1) is 0 Å². The Balaban J connectivity index is 1.45. The number of amides is 2. The summed E-state index contributed by atoms with van der Waals surface area (Å²) < 4.78 is 5.31. The molecular weight excluding hydrogens is 368 g/mol. The van der Waals surface area contributed by atoms with E-state index in [0.717, 1.165) is 5.39 Å². The number of hydrazine groups is 1. The van der Waals surface area contributed by atoms with Gasteiger partial charge in [0, 0.05) is 16.6 Å². The lowest BCUT2D eigenvalue weighted by Crippen LogP contribution is -2.41. The van der Waals surface area contributed by atoms with E-state index in [1.165, 1.54) is 0 Å². The number of nitrogens with one attached hydrogen (secondary N) is 3. The number of pyridine rings is 1. The topological polar surface area (TPSA) is 92.3 Å². The summed E-state index contributed by atoms with van der Waals surface area (Å²) in [5.41, 5.74) is 6.73.